The SMILES string of the molecule is CCC1CC2CCOC(c3cc(-c4ccc5cc(C(=O)O)ccc5c4)cc4c3OCO4)(C1)C2. The number of fused-ring (bicyclic) bond motifs is 4. The molecule has 0 radical (unpaired) electrons. The summed E-state index contributed by atoms with van der Waals surface area (Å²) < 4.78 is 18.4. The van der Waals surface area contributed by atoms with E-state index in [0.29, 0.717) is 17.4 Å². The molecule has 3 atom stereocenters. The van der Waals surface area contributed by atoms with Crippen molar-refractivity contribution in [2.24, 2.45) is 11.8 Å². The third-order valence-corrected chi connectivity index (χ3v) is 7.77. The molecule has 1 aliphatic carbocycles. The first-order valence-electron chi connectivity index (χ1n) is 11.9. The summed E-state index contributed by atoms with van der Waals surface area (Å²) in [7, 11) is 0. The van der Waals surface area contributed by atoms with Gasteiger partial charge in [0.2, 0.25) is 6.79 Å². The molecule has 3 aromatic rings. The van der Waals surface area contributed by atoms with Crippen molar-refractivity contribution in [3.63, 3.8) is 0 Å². The minimum absolute atomic E-state index is 0.234. The van der Waals surface area contributed by atoms with Crippen molar-refractivity contribution in [2.45, 2.75) is 44.6 Å². The van der Waals surface area contributed by atoms with E-state index in [4.69, 9.17) is 14.2 Å². The number of hydrogen-bond acceptors (Lipinski definition) is 4. The molecule has 3 unspecified atom stereocenters. The molecule has 0 amide bonds. The predicted molar refractivity (Wildman–Crippen MR) is 126 cm³/mol. The number of hydrogen-bond donors (Lipinski definition) is 1. The number of ether oxygens (including phenoxy) is 3. The van der Waals surface area contributed by atoms with Crippen molar-refractivity contribution in [3.05, 3.63) is 59.7 Å². The summed E-state index contributed by atoms with van der Waals surface area (Å²) >= 11 is 0. The lowest BCUT2D eigenvalue weighted by Crippen LogP contribution is -2.43. The second-order valence-electron chi connectivity index (χ2n) is 9.76. The smallest absolute Gasteiger partial charge is 0.335 e. The standard InChI is InChI=1S/C28H28O5/c1-2-17-9-18-7-8-33-28(14-17,15-18)24-12-23(13-25-26(24)32-16-31-25)21-4-3-20-11-22(27(29)30)6-5-19(20)10-21/h3-6,10-13,17-18H,2,7-9,14-16H2,1H3,(H,29,30). The molecular formula is C28H28O5. The maximum Gasteiger partial charge on any atom is 0.335 e. The van der Waals surface area contributed by atoms with Crippen molar-refractivity contribution in [1.82, 2.24) is 0 Å². The van der Waals surface area contributed by atoms with Gasteiger partial charge in [-0.2, -0.15) is 0 Å². The highest BCUT2D eigenvalue weighted by Gasteiger charge is 2.47. The average molecular weight is 445 g/mol. The van der Waals surface area contributed by atoms with Crippen LogP contribution in [0.15, 0.2) is 48.5 Å². The van der Waals surface area contributed by atoms with Gasteiger partial charge < -0.3 is 19.3 Å². The molecule has 2 heterocycles. The third kappa shape index (κ3) is 3.46. The molecule has 6 rings (SSSR count). The highest BCUT2D eigenvalue weighted by molar-refractivity contribution is 5.95. The summed E-state index contributed by atoms with van der Waals surface area (Å²) in [5.74, 6) is 2.06. The van der Waals surface area contributed by atoms with Crippen molar-refractivity contribution in [3.8, 4) is 22.6 Å². The van der Waals surface area contributed by atoms with E-state index in [1.807, 2.05) is 18.2 Å². The zero-order valence-corrected chi connectivity index (χ0v) is 18.8. The fourth-order valence-corrected chi connectivity index (χ4v) is 6.10. The Hall–Kier alpha value is -3.05. The normalized spacial score (nSPS) is 25.8. The quantitative estimate of drug-likeness (QED) is 0.506. The third-order valence-electron chi connectivity index (χ3n) is 7.77. The van der Waals surface area contributed by atoms with E-state index in [1.54, 1.807) is 12.1 Å². The highest BCUT2D eigenvalue weighted by Crippen LogP contribution is 2.55. The molecule has 33 heavy (non-hydrogen) atoms. The summed E-state index contributed by atoms with van der Waals surface area (Å²) in [5.41, 5.74) is 3.24. The number of rotatable bonds is 4. The predicted octanol–water partition coefficient (Wildman–Crippen LogP) is 6.38. The summed E-state index contributed by atoms with van der Waals surface area (Å²) in [6.45, 7) is 3.31. The van der Waals surface area contributed by atoms with Crippen LogP contribution >= 0.6 is 0 Å². The highest BCUT2D eigenvalue weighted by atomic mass is 16.7. The molecule has 5 heteroatoms. The Morgan fingerprint density at radius 1 is 1.03 bits per heavy atom. The van der Waals surface area contributed by atoms with Crippen LogP contribution in [0.25, 0.3) is 21.9 Å². The monoisotopic (exact) mass is 444 g/mol. The summed E-state index contributed by atoms with van der Waals surface area (Å²) in [6.07, 6.45) is 5.67. The molecular weight excluding hydrogens is 416 g/mol. The Morgan fingerprint density at radius 3 is 2.73 bits per heavy atom. The molecule has 1 N–H and O–H groups in total. The van der Waals surface area contributed by atoms with E-state index in [2.05, 4.69) is 25.1 Å². The molecule has 1 saturated heterocycles. The van der Waals surface area contributed by atoms with E-state index in [0.717, 1.165) is 64.8 Å². The zero-order valence-electron chi connectivity index (χ0n) is 18.8. The minimum Gasteiger partial charge on any atom is -0.478 e. The van der Waals surface area contributed by atoms with E-state index in [-0.39, 0.29) is 12.4 Å². The van der Waals surface area contributed by atoms with Gasteiger partial charge in [0.25, 0.3) is 0 Å². The van der Waals surface area contributed by atoms with Crippen LogP contribution in [-0.4, -0.2) is 24.5 Å². The Morgan fingerprint density at radius 2 is 1.88 bits per heavy atom. The second kappa shape index (κ2) is 7.77. The van der Waals surface area contributed by atoms with E-state index in [9.17, 15) is 9.90 Å². The second-order valence-corrected chi connectivity index (χ2v) is 9.76. The molecule has 3 aromatic carbocycles. The van der Waals surface area contributed by atoms with E-state index < -0.39 is 5.97 Å². The molecule has 5 nitrogen and oxygen atoms in total. The lowest BCUT2D eigenvalue weighted by Gasteiger charge is -2.48. The Bertz CT molecular complexity index is 1250. The maximum absolute atomic E-state index is 11.3. The van der Waals surface area contributed by atoms with E-state index >= 15 is 0 Å². The van der Waals surface area contributed by atoms with Crippen LogP contribution in [0.2, 0.25) is 0 Å². The first-order valence-corrected chi connectivity index (χ1v) is 11.9. The summed E-state index contributed by atoms with van der Waals surface area (Å²) in [6, 6.07) is 15.7. The van der Waals surface area contributed by atoms with Crippen LogP contribution in [0, 0.1) is 11.8 Å². The topological polar surface area (TPSA) is 65.0 Å². The van der Waals surface area contributed by atoms with Crippen LogP contribution in [0.3, 0.4) is 0 Å². The van der Waals surface area contributed by atoms with Gasteiger partial charge in [0.15, 0.2) is 11.5 Å². The van der Waals surface area contributed by atoms with Gasteiger partial charge in [-0.1, -0.05) is 31.5 Å². The maximum atomic E-state index is 11.3. The van der Waals surface area contributed by atoms with Crippen molar-refractivity contribution in [2.75, 3.05) is 13.4 Å². The summed E-state index contributed by atoms with van der Waals surface area (Å²) in [5, 5.41) is 11.2. The van der Waals surface area contributed by atoms with Crippen LogP contribution < -0.4 is 9.47 Å². The van der Waals surface area contributed by atoms with Gasteiger partial charge in [-0.05, 0) is 89.8 Å². The number of benzene rings is 3. The molecule has 2 aliphatic heterocycles. The number of aromatic carboxylic acids is 1. The largest absolute Gasteiger partial charge is 0.478 e. The van der Waals surface area contributed by atoms with Gasteiger partial charge in [0, 0.05) is 12.2 Å². The fourth-order valence-electron chi connectivity index (χ4n) is 6.10. The Kier molecular flexibility index (Phi) is 4.84. The van der Waals surface area contributed by atoms with Crippen LogP contribution in [0.5, 0.6) is 11.5 Å². The zero-order chi connectivity index (χ0) is 22.6. The lowest BCUT2D eigenvalue weighted by molar-refractivity contribution is -0.143. The number of carbonyl (C=O) groups is 1. The average Bonchev–Trinajstić information content (AvgIpc) is 3.31. The number of carboxylic acids is 1. The van der Waals surface area contributed by atoms with Crippen LogP contribution in [-0.2, 0) is 10.3 Å². The number of carboxylic acid groups (broad SMARTS) is 1. The van der Waals surface area contributed by atoms with Gasteiger partial charge in [0.05, 0.1) is 11.2 Å². The Labute approximate surface area is 193 Å². The van der Waals surface area contributed by atoms with Crippen molar-refractivity contribution >= 4 is 16.7 Å². The molecule has 3 aliphatic rings. The van der Waals surface area contributed by atoms with Gasteiger partial charge in [-0.25, -0.2) is 4.79 Å². The van der Waals surface area contributed by atoms with Gasteiger partial charge in [-0.15, -0.1) is 0 Å². The van der Waals surface area contributed by atoms with Gasteiger partial charge in [0.1, 0.15) is 0 Å². The molecule has 0 spiro atoms. The first-order chi connectivity index (χ1) is 16.0. The van der Waals surface area contributed by atoms with E-state index in [1.165, 1.54) is 12.8 Å². The first kappa shape index (κ1) is 20.5. The minimum atomic E-state index is -0.913. The summed E-state index contributed by atoms with van der Waals surface area (Å²) in [4.78, 5) is 11.3. The molecule has 2 bridgehead atoms. The van der Waals surface area contributed by atoms with Crippen molar-refractivity contribution < 1.29 is 24.1 Å². The van der Waals surface area contributed by atoms with Gasteiger partial charge in [-0.3, -0.25) is 0 Å². The molecule has 170 valence electrons. The lowest BCUT2D eigenvalue weighted by atomic mass is 9.66. The van der Waals surface area contributed by atoms with Crippen molar-refractivity contribution in [1.29, 1.82) is 0 Å². The fraction of sp³-hybridized carbons (Fsp3) is 0.393. The Balaban J connectivity index is 1.46. The molecule has 0 aromatic heterocycles. The van der Waals surface area contributed by atoms with Crippen LogP contribution in [0.1, 0.15) is 54.9 Å². The van der Waals surface area contributed by atoms with Gasteiger partial charge >= 0.3 is 5.97 Å². The van der Waals surface area contributed by atoms with Crippen LogP contribution in [0.4, 0.5) is 0 Å². The molecule has 1 saturated carbocycles. The molecule has 2 fully saturated rings.